The molecule has 0 radical (unpaired) electrons. The Bertz CT molecular complexity index is 343. The highest BCUT2D eigenvalue weighted by Crippen LogP contribution is 2.05. The van der Waals surface area contributed by atoms with E-state index < -0.39 is 25.0 Å². The molecule has 108 valence electrons. The largest absolute Gasteiger partial charge is 0.480 e. The van der Waals surface area contributed by atoms with E-state index in [1.165, 1.54) is 0 Å². The van der Waals surface area contributed by atoms with Crippen LogP contribution in [0.2, 0.25) is 0 Å². The Hall–Kier alpha value is -1.67. The third-order valence-electron chi connectivity index (χ3n) is 2.67. The van der Waals surface area contributed by atoms with Crippen molar-refractivity contribution < 1.29 is 29.3 Å². The molecular weight excluding hydrogens is 256 g/mol. The van der Waals surface area contributed by atoms with Gasteiger partial charge in [-0.25, -0.2) is 0 Å². The Morgan fingerprint density at radius 2 is 1.79 bits per heavy atom. The van der Waals surface area contributed by atoms with Crippen LogP contribution in [0.1, 0.15) is 6.92 Å². The zero-order valence-electron chi connectivity index (χ0n) is 10.7. The van der Waals surface area contributed by atoms with Crippen molar-refractivity contribution in [3.05, 3.63) is 0 Å². The van der Waals surface area contributed by atoms with Gasteiger partial charge in [0.1, 0.15) is 0 Å². The number of hydrogen-bond donors (Lipinski definition) is 2. The first-order chi connectivity index (χ1) is 8.88. The molecule has 1 aliphatic heterocycles. The third kappa shape index (κ3) is 5.66. The van der Waals surface area contributed by atoms with Crippen LogP contribution >= 0.6 is 0 Å². The number of carboxylic acid groups (broad SMARTS) is 2. The fourth-order valence-corrected chi connectivity index (χ4v) is 1.89. The Morgan fingerprint density at radius 1 is 1.21 bits per heavy atom. The molecule has 0 aromatic heterocycles. The summed E-state index contributed by atoms with van der Waals surface area (Å²) in [7, 11) is 0. The summed E-state index contributed by atoms with van der Waals surface area (Å²) in [6, 6.07) is 0. The van der Waals surface area contributed by atoms with Crippen LogP contribution in [0.25, 0.3) is 0 Å². The van der Waals surface area contributed by atoms with E-state index in [9.17, 15) is 14.4 Å². The van der Waals surface area contributed by atoms with Gasteiger partial charge in [-0.15, -0.1) is 0 Å². The molecule has 0 spiro atoms. The van der Waals surface area contributed by atoms with Crippen LogP contribution in [0.5, 0.6) is 0 Å². The van der Waals surface area contributed by atoms with Gasteiger partial charge in [-0.1, -0.05) is 0 Å². The van der Waals surface area contributed by atoms with Crippen LogP contribution in [-0.4, -0.2) is 83.3 Å². The van der Waals surface area contributed by atoms with Crippen molar-refractivity contribution in [3.63, 3.8) is 0 Å². The highest BCUT2D eigenvalue weighted by molar-refractivity contribution is 5.80. The average molecular weight is 274 g/mol. The van der Waals surface area contributed by atoms with Gasteiger partial charge in [0.15, 0.2) is 0 Å². The van der Waals surface area contributed by atoms with Crippen molar-refractivity contribution in [1.29, 1.82) is 0 Å². The fourth-order valence-electron chi connectivity index (χ4n) is 1.89. The first-order valence-corrected chi connectivity index (χ1v) is 5.93. The Kier molecular flexibility index (Phi) is 5.71. The van der Waals surface area contributed by atoms with Gasteiger partial charge >= 0.3 is 11.9 Å². The van der Waals surface area contributed by atoms with Crippen LogP contribution < -0.4 is 0 Å². The van der Waals surface area contributed by atoms with Crippen molar-refractivity contribution in [2.24, 2.45) is 0 Å². The van der Waals surface area contributed by atoms with Crippen molar-refractivity contribution in [2.75, 3.05) is 39.3 Å². The van der Waals surface area contributed by atoms with Crippen molar-refractivity contribution in [1.82, 2.24) is 9.80 Å². The minimum absolute atomic E-state index is 0.0647. The normalized spacial score (nSPS) is 19.5. The van der Waals surface area contributed by atoms with Crippen LogP contribution in [0.15, 0.2) is 0 Å². The summed E-state index contributed by atoms with van der Waals surface area (Å²) < 4.78 is 5.30. The molecule has 8 nitrogen and oxygen atoms in total. The van der Waals surface area contributed by atoms with Gasteiger partial charge in [-0.05, 0) is 6.92 Å². The number of morpholine rings is 1. The highest BCUT2D eigenvalue weighted by Gasteiger charge is 2.24. The molecular formula is C11H18N2O6. The van der Waals surface area contributed by atoms with Gasteiger partial charge in [0, 0.05) is 13.1 Å². The molecule has 0 saturated carbocycles. The number of carboxylic acids is 2. The van der Waals surface area contributed by atoms with Crippen molar-refractivity contribution in [2.45, 2.75) is 13.0 Å². The zero-order chi connectivity index (χ0) is 14.4. The summed E-state index contributed by atoms with van der Waals surface area (Å²) in [5.74, 6) is -2.61. The Balaban J connectivity index is 2.54. The molecule has 8 heteroatoms. The van der Waals surface area contributed by atoms with Crippen molar-refractivity contribution in [3.8, 4) is 0 Å². The molecule has 1 fully saturated rings. The van der Waals surface area contributed by atoms with E-state index in [-0.39, 0.29) is 18.6 Å². The maximum atomic E-state index is 12.0. The van der Waals surface area contributed by atoms with E-state index in [4.69, 9.17) is 14.9 Å². The second-order valence-corrected chi connectivity index (χ2v) is 4.45. The lowest BCUT2D eigenvalue weighted by Gasteiger charge is -2.32. The molecule has 0 aliphatic carbocycles. The van der Waals surface area contributed by atoms with Crippen LogP contribution in [-0.2, 0) is 19.1 Å². The summed E-state index contributed by atoms with van der Waals surface area (Å²) in [5, 5.41) is 17.4. The number of nitrogens with zero attached hydrogens (tertiary/aromatic N) is 2. The van der Waals surface area contributed by atoms with Crippen molar-refractivity contribution >= 4 is 17.8 Å². The Morgan fingerprint density at radius 3 is 2.26 bits per heavy atom. The quantitative estimate of drug-likeness (QED) is 0.620. The number of carbonyl (C=O) groups excluding carboxylic acids is 1. The molecule has 1 heterocycles. The topological polar surface area (TPSA) is 107 Å². The molecule has 1 atom stereocenters. The van der Waals surface area contributed by atoms with Gasteiger partial charge in [-0.3, -0.25) is 19.3 Å². The molecule has 19 heavy (non-hydrogen) atoms. The summed E-state index contributed by atoms with van der Waals surface area (Å²) in [4.78, 5) is 35.9. The third-order valence-corrected chi connectivity index (χ3v) is 2.67. The average Bonchev–Trinajstić information content (AvgIpc) is 2.26. The molecule has 0 bridgehead atoms. The van der Waals surface area contributed by atoms with Gasteiger partial charge in [-0.2, -0.15) is 0 Å². The molecule has 1 amide bonds. The minimum Gasteiger partial charge on any atom is -0.480 e. The summed E-state index contributed by atoms with van der Waals surface area (Å²) in [5.41, 5.74) is 0. The van der Waals surface area contributed by atoms with E-state index in [1.807, 2.05) is 6.92 Å². The van der Waals surface area contributed by atoms with Gasteiger partial charge in [0.2, 0.25) is 5.91 Å². The smallest absolute Gasteiger partial charge is 0.317 e. The second-order valence-electron chi connectivity index (χ2n) is 4.45. The van der Waals surface area contributed by atoms with E-state index in [0.29, 0.717) is 19.7 Å². The fraction of sp³-hybridized carbons (Fsp3) is 0.727. The number of rotatable bonds is 6. The highest BCUT2D eigenvalue weighted by atomic mass is 16.5. The van der Waals surface area contributed by atoms with Gasteiger partial charge in [0.05, 0.1) is 32.3 Å². The van der Waals surface area contributed by atoms with Gasteiger partial charge < -0.3 is 19.8 Å². The number of amides is 1. The lowest BCUT2D eigenvalue weighted by atomic mass is 10.3. The predicted octanol–water partition coefficient (Wildman–Crippen LogP) is -1.30. The zero-order valence-corrected chi connectivity index (χ0v) is 10.7. The molecule has 1 aliphatic rings. The van der Waals surface area contributed by atoms with E-state index in [2.05, 4.69) is 0 Å². The van der Waals surface area contributed by atoms with Crippen LogP contribution in [0, 0.1) is 0 Å². The maximum Gasteiger partial charge on any atom is 0.317 e. The number of carbonyl (C=O) groups is 3. The van der Waals surface area contributed by atoms with Crippen LogP contribution in [0.3, 0.4) is 0 Å². The summed E-state index contributed by atoms with van der Waals surface area (Å²) in [6.07, 6.45) is -0.0647. The lowest BCUT2D eigenvalue weighted by Crippen LogP contribution is -2.49. The number of ether oxygens (including phenoxy) is 1. The van der Waals surface area contributed by atoms with Crippen LogP contribution in [0.4, 0.5) is 0 Å². The first-order valence-electron chi connectivity index (χ1n) is 5.93. The maximum absolute atomic E-state index is 12.0. The molecule has 0 aromatic rings. The van der Waals surface area contributed by atoms with E-state index >= 15 is 0 Å². The van der Waals surface area contributed by atoms with E-state index in [0.717, 1.165) is 4.90 Å². The molecule has 1 unspecified atom stereocenters. The number of hydrogen-bond acceptors (Lipinski definition) is 5. The molecule has 2 N–H and O–H groups in total. The molecule has 0 aromatic carbocycles. The van der Waals surface area contributed by atoms with E-state index in [1.54, 1.807) is 4.90 Å². The Labute approximate surface area is 110 Å². The standard InChI is InChI=1S/C11H18N2O6/c1-8-4-13(2-3-19-8)9(14)5-12(6-10(15)16)7-11(17)18/h8H,2-7H2,1H3,(H,15,16)(H,17,18). The second kappa shape index (κ2) is 7.05. The predicted molar refractivity (Wildman–Crippen MR) is 63.7 cm³/mol. The SMILES string of the molecule is CC1CN(C(=O)CN(CC(=O)O)CC(=O)O)CCO1. The summed E-state index contributed by atoms with van der Waals surface area (Å²) in [6.45, 7) is 1.99. The monoisotopic (exact) mass is 274 g/mol. The van der Waals surface area contributed by atoms with Gasteiger partial charge in [0.25, 0.3) is 0 Å². The molecule has 1 rings (SSSR count). The number of aliphatic carboxylic acids is 2. The minimum atomic E-state index is -1.16. The lowest BCUT2D eigenvalue weighted by molar-refractivity contribution is -0.145. The molecule has 1 saturated heterocycles. The summed E-state index contributed by atoms with van der Waals surface area (Å²) >= 11 is 0. The first kappa shape index (κ1) is 15.4.